The lowest BCUT2D eigenvalue weighted by Gasteiger charge is -2.06. The molecule has 0 aliphatic rings. The summed E-state index contributed by atoms with van der Waals surface area (Å²) in [6.45, 7) is 11.5. The molecule has 18 heavy (non-hydrogen) atoms. The number of ether oxygens (including phenoxy) is 2. The molecule has 0 spiro atoms. The van der Waals surface area contributed by atoms with Crippen LogP contribution in [-0.4, -0.2) is 25.9 Å². The van der Waals surface area contributed by atoms with E-state index in [9.17, 15) is 0 Å². The van der Waals surface area contributed by atoms with Crippen molar-refractivity contribution >= 4 is 0 Å². The van der Waals surface area contributed by atoms with Crippen LogP contribution in [0.15, 0.2) is 10.5 Å². The lowest BCUT2D eigenvalue weighted by Crippen LogP contribution is -2.21. The third-order valence-corrected chi connectivity index (χ3v) is 2.59. The maximum Gasteiger partial charge on any atom is 0.130 e. The SMILES string of the molecule is CCOCCOCc1cc(CNC(C)C)c(C)o1. The minimum absolute atomic E-state index is 0.477. The summed E-state index contributed by atoms with van der Waals surface area (Å²) in [5.74, 6) is 1.84. The van der Waals surface area contributed by atoms with Gasteiger partial charge in [0.1, 0.15) is 18.1 Å². The van der Waals surface area contributed by atoms with Crippen molar-refractivity contribution in [2.45, 2.75) is 46.9 Å². The second-order valence-electron chi connectivity index (χ2n) is 4.58. The van der Waals surface area contributed by atoms with Gasteiger partial charge in [0.25, 0.3) is 0 Å². The van der Waals surface area contributed by atoms with Crippen LogP contribution in [0.1, 0.15) is 37.9 Å². The zero-order valence-electron chi connectivity index (χ0n) is 11.9. The molecule has 1 rings (SSSR count). The molecule has 1 aromatic rings. The van der Waals surface area contributed by atoms with E-state index in [-0.39, 0.29) is 0 Å². The van der Waals surface area contributed by atoms with Gasteiger partial charge in [-0.2, -0.15) is 0 Å². The summed E-state index contributed by atoms with van der Waals surface area (Å²) in [5, 5.41) is 3.38. The Morgan fingerprint density at radius 2 is 2.00 bits per heavy atom. The Hall–Kier alpha value is -0.840. The zero-order valence-corrected chi connectivity index (χ0v) is 11.9. The summed E-state index contributed by atoms with van der Waals surface area (Å²) in [4.78, 5) is 0. The normalized spacial score (nSPS) is 11.4. The molecule has 0 atom stereocenters. The molecule has 0 radical (unpaired) electrons. The van der Waals surface area contributed by atoms with Crippen molar-refractivity contribution in [3.63, 3.8) is 0 Å². The molecule has 1 heterocycles. The standard InChI is InChI=1S/C14H25NO3/c1-5-16-6-7-17-10-14-8-13(12(4)18-14)9-15-11(2)3/h8,11,15H,5-7,9-10H2,1-4H3. The van der Waals surface area contributed by atoms with E-state index >= 15 is 0 Å². The van der Waals surface area contributed by atoms with Crippen molar-refractivity contribution in [2.24, 2.45) is 0 Å². The van der Waals surface area contributed by atoms with Gasteiger partial charge in [0.05, 0.1) is 13.2 Å². The molecule has 1 aromatic heterocycles. The first-order valence-corrected chi connectivity index (χ1v) is 6.60. The quantitative estimate of drug-likeness (QED) is 0.689. The van der Waals surface area contributed by atoms with Crippen LogP contribution in [0.5, 0.6) is 0 Å². The largest absolute Gasteiger partial charge is 0.464 e. The highest BCUT2D eigenvalue weighted by atomic mass is 16.5. The number of aryl methyl sites for hydroxylation is 1. The van der Waals surface area contributed by atoms with Crippen LogP contribution in [0.2, 0.25) is 0 Å². The van der Waals surface area contributed by atoms with Gasteiger partial charge < -0.3 is 19.2 Å². The van der Waals surface area contributed by atoms with Gasteiger partial charge in [-0.1, -0.05) is 13.8 Å². The van der Waals surface area contributed by atoms with Gasteiger partial charge in [-0.3, -0.25) is 0 Å². The molecule has 0 saturated carbocycles. The van der Waals surface area contributed by atoms with E-state index in [1.807, 2.05) is 13.8 Å². The molecule has 0 unspecified atom stereocenters. The summed E-state index contributed by atoms with van der Waals surface area (Å²) < 4.78 is 16.3. The number of furan rings is 1. The third-order valence-electron chi connectivity index (χ3n) is 2.59. The van der Waals surface area contributed by atoms with Crippen LogP contribution in [0.25, 0.3) is 0 Å². The van der Waals surface area contributed by atoms with Crippen molar-refractivity contribution in [1.82, 2.24) is 5.32 Å². The number of hydrogen-bond acceptors (Lipinski definition) is 4. The summed E-state index contributed by atoms with van der Waals surface area (Å²) in [7, 11) is 0. The number of hydrogen-bond donors (Lipinski definition) is 1. The van der Waals surface area contributed by atoms with Crippen molar-refractivity contribution in [3.05, 3.63) is 23.2 Å². The van der Waals surface area contributed by atoms with E-state index in [2.05, 4.69) is 25.2 Å². The van der Waals surface area contributed by atoms with Crippen LogP contribution < -0.4 is 5.32 Å². The fourth-order valence-corrected chi connectivity index (χ4v) is 1.58. The third kappa shape index (κ3) is 5.67. The fourth-order valence-electron chi connectivity index (χ4n) is 1.58. The predicted molar refractivity (Wildman–Crippen MR) is 71.6 cm³/mol. The smallest absolute Gasteiger partial charge is 0.130 e. The lowest BCUT2D eigenvalue weighted by atomic mass is 10.2. The molecule has 0 bridgehead atoms. The predicted octanol–water partition coefficient (Wildman–Crippen LogP) is 2.64. The van der Waals surface area contributed by atoms with Crippen molar-refractivity contribution in [2.75, 3.05) is 19.8 Å². The lowest BCUT2D eigenvalue weighted by molar-refractivity contribution is 0.0388. The first-order chi connectivity index (χ1) is 8.63. The minimum Gasteiger partial charge on any atom is -0.464 e. The van der Waals surface area contributed by atoms with E-state index < -0.39 is 0 Å². The van der Waals surface area contributed by atoms with Crippen LogP contribution in [0, 0.1) is 6.92 Å². The summed E-state index contributed by atoms with van der Waals surface area (Å²) in [6.07, 6.45) is 0. The van der Waals surface area contributed by atoms with Gasteiger partial charge in [-0.05, 0) is 19.9 Å². The molecule has 0 saturated heterocycles. The van der Waals surface area contributed by atoms with Crippen molar-refractivity contribution < 1.29 is 13.9 Å². The summed E-state index contributed by atoms with van der Waals surface area (Å²) >= 11 is 0. The van der Waals surface area contributed by atoms with Crippen molar-refractivity contribution in [1.29, 1.82) is 0 Å². The second kappa shape index (κ2) is 8.29. The first kappa shape index (κ1) is 15.2. The molecule has 4 heteroatoms. The van der Waals surface area contributed by atoms with Gasteiger partial charge in [0, 0.05) is 24.8 Å². The Balaban J connectivity index is 2.31. The molecular weight excluding hydrogens is 230 g/mol. The van der Waals surface area contributed by atoms with Crippen LogP contribution in [0.3, 0.4) is 0 Å². The Morgan fingerprint density at radius 3 is 2.67 bits per heavy atom. The van der Waals surface area contributed by atoms with E-state index in [0.29, 0.717) is 25.9 Å². The van der Waals surface area contributed by atoms with Crippen LogP contribution >= 0.6 is 0 Å². The Bertz CT molecular complexity index is 334. The van der Waals surface area contributed by atoms with Crippen LogP contribution in [0.4, 0.5) is 0 Å². The second-order valence-corrected chi connectivity index (χ2v) is 4.58. The molecule has 0 amide bonds. The van der Waals surface area contributed by atoms with Gasteiger partial charge in [0.15, 0.2) is 0 Å². The molecule has 1 N–H and O–H groups in total. The Morgan fingerprint density at radius 1 is 1.28 bits per heavy atom. The number of rotatable bonds is 9. The van der Waals surface area contributed by atoms with E-state index in [1.54, 1.807) is 0 Å². The van der Waals surface area contributed by atoms with E-state index in [1.165, 1.54) is 5.56 Å². The maximum absolute atomic E-state index is 5.65. The molecule has 0 aliphatic carbocycles. The topological polar surface area (TPSA) is 43.6 Å². The van der Waals surface area contributed by atoms with Gasteiger partial charge >= 0.3 is 0 Å². The zero-order chi connectivity index (χ0) is 13.4. The van der Waals surface area contributed by atoms with E-state index in [4.69, 9.17) is 13.9 Å². The van der Waals surface area contributed by atoms with Gasteiger partial charge in [-0.15, -0.1) is 0 Å². The van der Waals surface area contributed by atoms with E-state index in [0.717, 1.165) is 24.7 Å². The highest BCUT2D eigenvalue weighted by molar-refractivity contribution is 5.20. The fraction of sp³-hybridized carbons (Fsp3) is 0.714. The highest BCUT2D eigenvalue weighted by Gasteiger charge is 2.07. The summed E-state index contributed by atoms with van der Waals surface area (Å²) in [5.41, 5.74) is 1.20. The average Bonchev–Trinajstić information content (AvgIpc) is 2.67. The van der Waals surface area contributed by atoms with Crippen molar-refractivity contribution in [3.8, 4) is 0 Å². The molecule has 0 aliphatic heterocycles. The molecule has 104 valence electrons. The highest BCUT2D eigenvalue weighted by Crippen LogP contribution is 2.15. The Labute approximate surface area is 110 Å². The average molecular weight is 255 g/mol. The first-order valence-electron chi connectivity index (χ1n) is 6.60. The molecule has 0 fully saturated rings. The Kier molecular flexibility index (Phi) is 7.01. The maximum atomic E-state index is 5.65. The molecule has 0 aromatic carbocycles. The summed E-state index contributed by atoms with van der Waals surface area (Å²) in [6, 6.07) is 2.54. The molecular formula is C14H25NO3. The number of nitrogens with one attached hydrogen (secondary N) is 1. The van der Waals surface area contributed by atoms with Gasteiger partial charge in [0.2, 0.25) is 0 Å². The minimum atomic E-state index is 0.477. The van der Waals surface area contributed by atoms with Crippen LogP contribution in [-0.2, 0) is 22.6 Å². The monoisotopic (exact) mass is 255 g/mol. The molecule has 4 nitrogen and oxygen atoms in total. The van der Waals surface area contributed by atoms with Gasteiger partial charge in [-0.25, -0.2) is 0 Å².